The number of rotatable bonds is 2. The molecule has 156 valence electrons. The molecule has 0 atom stereocenters. The van der Waals surface area contributed by atoms with Gasteiger partial charge in [0, 0.05) is 19.0 Å². The second-order valence-corrected chi connectivity index (χ2v) is 11.1. The van der Waals surface area contributed by atoms with E-state index in [1.807, 2.05) is 0 Å². The number of ether oxygens (including phenoxy) is 1. The average Bonchev–Trinajstić information content (AvgIpc) is 3.22. The molecule has 2 heterocycles. The first-order valence-electron chi connectivity index (χ1n) is 11.0. The van der Waals surface area contributed by atoms with Crippen LogP contribution in [0.3, 0.4) is 0 Å². The molecule has 2 amide bonds. The van der Waals surface area contributed by atoms with Gasteiger partial charge in [0.25, 0.3) is 0 Å². The highest BCUT2D eigenvalue weighted by Gasteiger charge is 2.55. The van der Waals surface area contributed by atoms with E-state index in [1.165, 1.54) is 24.0 Å². The number of cyclic esters (lactones) is 1. The quantitative estimate of drug-likeness (QED) is 0.823. The van der Waals surface area contributed by atoms with E-state index < -0.39 is 0 Å². The number of hydrogen-bond donors (Lipinski definition) is 1. The monoisotopic (exact) mass is 396 g/mol. The van der Waals surface area contributed by atoms with Crippen molar-refractivity contribution < 1.29 is 14.3 Å². The fraction of sp³-hybridized carbons (Fsp3) is 0.667. The molecule has 2 spiro atoms. The SMILES string of the molecule is CC(C)(C)c1cccc(C2CC3(CCN(C(=O)[C@H]4C[C@]5(COC(=O)N5)C4)C3)C2)c1. The Labute approximate surface area is 173 Å². The summed E-state index contributed by atoms with van der Waals surface area (Å²) in [5.74, 6) is 0.962. The van der Waals surface area contributed by atoms with Gasteiger partial charge in [-0.2, -0.15) is 0 Å². The van der Waals surface area contributed by atoms with Crippen LogP contribution in [0.4, 0.5) is 4.79 Å². The van der Waals surface area contributed by atoms with Gasteiger partial charge < -0.3 is 15.0 Å². The highest BCUT2D eigenvalue weighted by Crippen LogP contribution is 2.56. The van der Waals surface area contributed by atoms with Crippen LogP contribution in [0, 0.1) is 11.3 Å². The molecule has 5 nitrogen and oxygen atoms in total. The normalized spacial score (nSPS) is 36.0. The molecule has 1 N–H and O–H groups in total. The molecule has 0 unspecified atom stereocenters. The van der Waals surface area contributed by atoms with Gasteiger partial charge in [-0.3, -0.25) is 4.79 Å². The maximum absolute atomic E-state index is 13.0. The molecule has 1 aromatic rings. The zero-order chi connectivity index (χ0) is 20.4. The predicted molar refractivity (Wildman–Crippen MR) is 111 cm³/mol. The summed E-state index contributed by atoms with van der Waals surface area (Å²) in [6.45, 7) is 9.01. The van der Waals surface area contributed by atoms with Crippen LogP contribution in [0.15, 0.2) is 24.3 Å². The Kier molecular flexibility index (Phi) is 4.07. The largest absolute Gasteiger partial charge is 0.447 e. The third kappa shape index (κ3) is 3.23. The Morgan fingerprint density at radius 3 is 2.62 bits per heavy atom. The van der Waals surface area contributed by atoms with Crippen LogP contribution in [0.25, 0.3) is 0 Å². The van der Waals surface area contributed by atoms with Gasteiger partial charge in [-0.1, -0.05) is 45.0 Å². The van der Waals surface area contributed by atoms with Crippen LogP contribution in [0.2, 0.25) is 0 Å². The summed E-state index contributed by atoms with van der Waals surface area (Å²) < 4.78 is 5.03. The van der Waals surface area contributed by atoms with Crippen LogP contribution in [0.5, 0.6) is 0 Å². The fourth-order valence-corrected chi connectivity index (χ4v) is 5.97. The third-order valence-corrected chi connectivity index (χ3v) is 7.80. The lowest BCUT2D eigenvalue weighted by molar-refractivity contribution is -0.140. The van der Waals surface area contributed by atoms with Gasteiger partial charge in [0.1, 0.15) is 6.61 Å². The number of carbonyl (C=O) groups excluding carboxylic acids is 2. The number of alkyl carbamates (subject to hydrolysis) is 1. The van der Waals surface area contributed by atoms with Crippen molar-refractivity contribution in [1.82, 2.24) is 10.2 Å². The van der Waals surface area contributed by atoms with Crippen molar-refractivity contribution in [3.8, 4) is 0 Å². The summed E-state index contributed by atoms with van der Waals surface area (Å²) >= 11 is 0. The number of amides is 2. The van der Waals surface area contributed by atoms with E-state index in [0.29, 0.717) is 17.9 Å². The Hall–Kier alpha value is -2.04. The van der Waals surface area contributed by atoms with Gasteiger partial charge in [0.15, 0.2) is 0 Å². The van der Waals surface area contributed by atoms with E-state index in [1.54, 1.807) is 0 Å². The summed E-state index contributed by atoms with van der Waals surface area (Å²) in [7, 11) is 0. The van der Waals surface area contributed by atoms with E-state index in [4.69, 9.17) is 4.74 Å². The molecule has 2 aliphatic heterocycles. The van der Waals surface area contributed by atoms with Crippen LogP contribution in [-0.4, -0.2) is 42.1 Å². The van der Waals surface area contributed by atoms with E-state index in [2.05, 4.69) is 55.3 Å². The minimum atomic E-state index is -0.341. The van der Waals surface area contributed by atoms with Gasteiger partial charge >= 0.3 is 6.09 Å². The van der Waals surface area contributed by atoms with Crippen LogP contribution in [-0.2, 0) is 14.9 Å². The maximum Gasteiger partial charge on any atom is 0.407 e. The summed E-state index contributed by atoms with van der Waals surface area (Å²) in [5.41, 5.74) is 3.10. The maximum atomic E-state index is 13.0. The van der Waals surface area contributed by atoms with Gasteiger partial charge in [0.2, 0.25) is 5.91 Å². The summed E-state index contributed by atoms with van der Waals surface area (Å²) in [6, 6.07) is 9.10. The average molecular weight is 397 g/mol. The molecule has 5 rings (SSSR count). The molecule has 5 heteroatoms. The second kappa shape index (κ2) is 6.23. The summed E-state index contributed by atoms with van der Waals surface area (Å²) in [4.78, 5) is 26.4. The van der Waals surface area contributed by atoms with Crippen molar-refractivity contribution in [2.24, 2.45) is 11.3 Å². The minimum absolute atomic E-state index is 0.0477. The molecule has 2 saturated carbocycles. The molecule has 2 aliphatic carbocycles. The van der Waals surface area contributed by atoms with Crippen molar-refractivity contribution in [1.29, 1.82) is 0 Å². The third-order valence-electron chi connectivity index (χ3n) is 7.80. The van der Waals surface area contributed by atoms with Gasteiger partial charge in [0.05, 0.1) is 5.54 Å². The molecule has 1 aromatic carbocycles. The lowest BCUT2D eigenvalue weighted by atomic mass is 9.59. The molecule has 29 heavy (non-hydrogen) atoms. The molecule has 2 saturated heterocycles. The zero-order valence-corrected chi connectivity index (χ0v) is 17.8. The first kappa shape index (κ1) is 19.0. The van der Waals surface area contributed by atoms with Crippen molar-refractivity contribution in [3.63, 3.8) is 0 Å². The number of likely N-dealkylation sites (tertiary alicyclic amines) is 1. The molecule has 0 radical (unpaired) electrons. The van der Waals surface area contributed by atoms with Crippen molar-refractivity contribution in [2.45, 2.75) is 69.7 Å². The molecular formula is C24H32N2O3. The number of benzene rings is 1. The van der Waals surface area contributed by atoms with Crippen molar-refractivity contribution >= 4 is 12.0 Å². The smallest absolute Gasteiger partial charge is 0.407 e. The predicted octanol–water partition coefficient (Wildman–Crippen LogP) is 3.97. The van der Waals surface area contributed by atoms with Gasteiger partial charge in [-0.25, -0.2) is 4.79 Å². The lowest BCUT2D eigenvalue weighted by Gasteiger charge is -2.47. The van der Waals surface area contributed by atoms with Gasteiger partial charge in [-0.05, 0) is 60.0 Å². The molecule has 4 fully saturated rings. The Morgan fingerprint density at radius 1 is 1.21 bits per heavy atom. The number of nitrogens with zero attached hydrogens (tertiary/aromatic N) is 1. The van der Waals surface area contributed by atoms with Crippen LogP contribution < -0.4 is 5.32 Å². The number of nitrogens with one attached hydrogen (secondary N) is 1. The minimum Gasteiger partial charge on any atom is -0.447 e. The first-order valence-corrected chi connectivity index (χ1v) is 11.0. The van der Waals surface area contributed by atoms with E-state index >= 15 is 0 Å². The highest BCUT2D eigenvalue weighted by molar-refractivity contribution is 5.82. The fourth-order valence-electron chi connectivity index (χ4n) is 5.97. The summed E-state index contributed by atoms with van der Waals surface area (Å²) in [5, 5.41) is 2.89. The van der Waals surface area contributed by atoms with Gasteiger partial charge in [-0.15, -0.1) is 0 Å². The van der Waals surface area contributed by atoms with Crippen molar-refractivity contribution in [3.05, 3.63) is 35.4 Å². The first-order chi connectivity index (χ1) is 13.7. The Bertz CT molecular complexity index is 844. The number of carbonyl (C=O) groups is 2. The zero-order valence-electron chi connectivity index (χ0n) is 17.8. The molecule has 4 aliphatic rings. The van der Waals surface area contributed by atoms with E-state index in [0.717, 1.165) is 32.4 Å². The topological polar surface area (TPSA) is 58.6 Å². The van der Waals surface area contributed by atoms with Crippen LogP contribution in [0.1, 0.15) is 69.9 Å². The van der Waals surface area contributed by atoms with Crippen molar-refractivity contribution in [2.75, 3.05) is 19.7 Å². The Morgan fingerprint density at radius 2 is 1.97 bits per heavy atom. The van der Waals surface area contributed by atoms with E-state index in [9.17, 15) is 9.59 Å². The second-order valence-electron chi connectivity index (χ2n) is 11.1. The van der Waals surface area contributed by atoms with E-state index in [-0.39, 0.29) is 28.9 Å². The lowest BCUT2D eigenvalue weighted by Crippen LogP contribution is -2.58. The molecule has 0 aromatic heterocycles. The standard InChI is InChI=1S/C24H32N2O3/c1-22(2,3)19-6-4-5-16(9-19)17-10-23(11-17)7-8-26(14-23)20(27)18-12-24(13-18)15-29-21(28)25-24/h4-6,9,17-18H,7-8,10-15H2,1-3H3,(H,25,28)/t17?,18-,23?,24+. The van der Waals surface area contributed by atoms with Crippen LogP contribution >= 0.6 is 0 Å². The molecule has 0 bridgehead atoms. The molecular weight excluding hydrogens is 364 g/mol. The Balaban J connectivity index is 1.17. The number of hydrogen-bond acceptors (Lipinski definition) is 3. The summed E-state index contributed by atoms with van der Waals surface area (Å²) in [6.07, 6.45) is 4.64. The highest BCUT2D eigenvalue weighted by atomic mass is 16.6.